The maximum atomic E-state index is 5.54. The van der Waals surface area contributed by atoms with Crippen LogP contribution in [0, 0.1) is 0 Å². The van der Waals surface area contributed by atoms with E-state index in [4.69, 9.17) is 5.73 Å². The lowest BCUT2D eigenvalue weighted by Gasteiger charge is -1.92. The van der Waals surface area contributed by atoms with Crippen molar-refractivity contribution in [3.8, 4) is 0 Å². The van der Waals surface area contributed by atoms with Crippen molar-refractivity contribution in [2.75, 3.05) is 5.73 Å². The summed E-state index contributed by atoms with van der Waals surface area (Å²) < 4.78 is 4.13. The molecule has 1 rings (SSSR count). The van der Waals surface area contributed by atoms with Crippen LogP contribution in [0.15, 0.2) is 37.5 Å². The molecule has 0 aliphatic rings. The van der Waals surface area contributed by atoms with Gasteiger partial charge in [-0.2, -0.15) is 4.37 Å². The highest BCUT2D eigenvalue weighted by molar-refractivity contribution is 7.10. The van der Waals surface area contributed by atoms with E-state index in [1.165, 1.54) is 11.5 Å². The predicted octanol–water partition coefficient (Wildman–Crippen LogP) is 3.51. The third-order valence-corrected chi connectivity index (χ3v) is 1.96. The minimum atomic E-state index is 0.710. The average molecular weight is 208 g/mol. The van der Waals surface area contributed by atoms with Gasteiger partial charge in [0.05, 0.1) is 5.69 Å². The molecule has 3 heteroatoms. The molecule has 0 aliphatic heterocycles. The van der Waals surface area contributed by atoms with Gasteiger partial charge in [-0.25, -0.2) is 0 Å². The molecule has 0 unspecified atom stereocenters. The molecule has 0 radical (unpaired) electrons. The number of allylic oxidation sites excluding steroid dienone is 4. The van der Waals surface area contributed by atoms with E-state index in [1.54, 1.807) is 12.2 Å². The number of rotatable bonds is 3. The van der Waals surface area contributed by atoms with Gasteiger partial charge in [0, 0.05) is 11.6 Å². The lowest BCUT2D eigenvalue weighted by atomic mass is 10.2. The number of aromatic nitrogens is 1. The molecule has 0 saturated heterocycles. The van der Waals surface area contributed by atoms with E-state index < -0.39 is 0 Å². The SMILES string of the molecule is C=C/C=C(\C=C)c1cc(N)sn1.CC. The number of anilines is 1. The highest BCUT2D eigenvalue weighted by Gasteiger charge is 2.00. The van der Waals surface area contributed by atoms with Crippen molar-refractivity contribution in [2.45, 2.75) is 13.8 Å². The van der Waals surface area contributed by atoms with Crippen LogP contribution in [0.4, 0.5) is 5.00 Å². The molecule has 0 atom stereocenters. The van der Waals surface area contributed by atoms with Crippen LogP contribution in [0.3, 0.4) is 0 Å². The van der Waals surface area contributed by atoms with Crippen LogP contribution in [0.25, 0.3) is 5.57 Å². The standard InChI is InChI=1S/C9H10N2S.C2H6/c1-3-5-7(4-2)8-6-9(10)12-11-8;1-2/h3-6H,1-2,10H2;1-2H3/b7-5+;. The minimum Gasteiger partial charge on any atom is -0.389 e. The Bertz CT molecular complexity index is 324. The molecule has 0 aromatic carbocycles. The summed E-state index contributed by atoms with van der Waals surface area (Å²) in [6.07, 6.45) is 5.28. The van der Waals surface area contributed by atoms with Gasteiger partial charge in [0.25, 0.3) is 0 Å². The second-order valence-corrected chi connectivity index (χ2v) is 3.01. The van der Waals surface area contributed by atoms with Crippen molar-refractivity contribution < 1.29 is 0 Å². The van der Waals surface area contributed by atoms with E-state index in [-0.39, 0.29) is 0 Å². The van der Waals surface area contributed by atoms with Crippen LogP contribution in [-0.2, 0) is 0 Å². The molecule has 1 aromatic rings. The Kier molecular flexibility index (Phi) is 6.41. The third-order valence-electron chi connectivity index (χ3n) is 1.34. The van der Waals surface area contributed by atoms with Gasteiger partial charge < -0.3 is 5.73 Å². The van der Waals surface area contributed by atoms with Crippen LogP contribution in [-0.4, -0.2) is 4.37 Å². The lowest BCUT2D eigenvalue weighted by Crippen LogP contribution is -1.78. The van der Waals surface area contributed by atoms with Gasteiger partial charge in [-0.1, -0.05) is 45.2 Å². The normalized spacial score (nSPS) is 10.0. The Morgan fingerprint density at radius 2 is 2.14 bits per heavy atom. The molecule has 0 aliphatic carbocycles. The molecular weight excluding hydrogens is 192 g/mol. The molecule has 2 nitrogen and oxygen atoms in total. The van der Waals surface area contributed by atoms with E-state index in [9.17, 15) is 0 Å². The number of nitrogen functional groups attached to an aromatic ring is 1. The Balaban J connectivity index is 0.000000791. The predicted molar refractivity (Wildman–Crippen MR) is 66.2 cm³/mol. The molecule has 76 valence electrons. The van der Waals surface area contributed by atoms with Crippen molar-refractivity contribution in [3.05, 3.63) is 43.1 Å². The molecule has 0 fully saturated rings. The first-order chi connectivity index (χ1) is 6.77. The van der Waals surface area contributed by atoms with Crippen LogP contribution < -0.4 is 5.73 Å². The quantitative estimate of drug-likeness (QED) is 0.772. The van der Waals surface area contributed by atoms with Crippen molar-refractivity contribution in [1.29, 1.82) is 0 Å². The van der Waals surface area contributed by atoms with E-state index in [0.717, 1.165) is 11.3 Å². The molecule has 0 bridgehead atoms. The van der Waals surface area contributed by atoms with Crippen molar-refractivity contribution >= 4 is 22.1 Å². The fraction of sp³-hybridized carbons (Fsp3) is 0.182. The van der Waals surface area contributed by atoms with Gasteiger partial charge in [-0.15, -0.1) is 0 Å². The Labute approximate surface area is 89.6 Å². The molecule has 0 spiro atoms. The van der Waals surface area contributed by atoms with Crippen molar-refractivity contribution in [2.24, 2.45) is 0 Å². The zero-order chi connectivity index (χ0) is 11.0. The second-order valence-electron chi connectivity index (χ2n) is 2.18. The summed E-state index contributed by atoms with van der Waals surface area (Å²) in [6, 6.07) is 1.82. The smallest absolute Gasteiger partial charge is 0.107 e. The topological polar surface area (TPSA) is 38.9 Å². The molecule has 1 heterocycles. The maximum Gasteiger partial charge on any atom is 0.107 e. The highest BCUT2D eigenvalue weighted by Crippen LogP contribution is 2.19. The van der Waals surface area contributed by atoms with Gasteiger partial charge in [0.1, 0.15) is 5.00 Å². The van der Waals surface area contributed by atoms with Crippen molar-refractivity contribution in [1.82, 2.24) is 4.37 Å². The minimum absolute atomic E-state index is 0.710. The maximum absolute atomic E-state index is 5.54. The fourth-order valence-electron chi connectivity index (χ4n) is 0.810. The second kappa shape index (κ2) is 7.09. The number of nitrogens with two attached hydrogens (primary N) is 1. The van der Waals surface area contributed by atoms with Gasteiger partial charge >= 0.3 is 0 Å². The van der Waals surface area contributed by atoms with Crippen LogP contribution in [0.5, 0.6) is 0 Å². The Morgan fingerprint density at radius 1 is 1.50 bits per heavy atom. The first-order valence-corrected chi connectivity index (χ1v) is 5.23. The Hall–Kier alpha value is -1.35. The average Bonchev–Trinajstić information content (AvgIpc) is 2.64. The van der Waals surface area contributed by atoms with Crippen LogP contribution in [0.2, 0.25) is 0 Å². The number of nitrogens with zero attached hydrogens (tertiary/aromatic N) is 1. The number of hydrogen-bond donors (Lipinski definition) is 1. The molecular formula is C11H16N2S. The fourth-order valence-corrected chi connectivity index (χ4v) is 1.34. The van der Waals surface area contributed by atoms with E-state index >= 15 is 0 Å². The van der Waals surface area contributed by atoms with Crippen LogP contribution in [0.1, 0.15) is 19.5 Å². The van der Waals surface area contributed by atoms with E-state index in [0.29, 0.717) is 5.00 Å². The van der Waals surface area contributed by atoms with E-state index in [2.05, 4.69) is 17.5 Å². The van der Waals surface area contributed by atoms with Gasteiger partial charge in [-0.05, 0) is 11.5 Å². The summed E-state index contributed by atoms with van der Waals surface area (Å²) in [4.78, 5) is 0. The molecule has 0 amide bonds. The number of hydrogen-bond acceptors (Lipinski definition) is 3. The summed E-state index contributed by atoms with van der Waals surface area (Å²) in [5.74, 6) is 0. The first-order valence-electron chi connectivity index (χ1n) is 4.45. The summed E-state index contributed by atoms with van der Waals surface area (Å²) in [5, 5.41) is 0.710. The molecule has 0 saturated carbocycles. The van der Waals surface area contributed by atoms with Crippen molar-refractivity contribution in [3.63, 3.8) is 0 Å². The largest absolute Gasteiger partial charge is 0.389 e. The zero-order valence-electron chi connectivity index (χ0n) is 8.66. The summed E-state index contributed by atoms with van der Waals surface area (Å²) in [5.41, 5.74) is 7.33. The highest BCUT2D eigenvalue weighted by atomic mass is 32.1. The van der Waals surface area contributed by atoms with E-state index in [1.807, 2.05) is 26.0 Å². The molecule has 2 N–H and O–H groups in total. The molecule has 14 heavy (non-hydrogen) atoms. The Morgan fingerprint density at radius 3 is 2.50 bits per heavy atom. The lowest BCUT2D eigenvalue weighted by molar-refractivity contribution is 1.48. The summed E-state index contributed by atoms with van der Waals surface area (Å²) >= 11 is 1.28. The van der Waals surface area contributed by atoms with Gasteiger partial charge in [-0.3, -0.25) is 0 Å². The first kappa shape index (κ1) is 12.7. The van der Waals surface area contributed by atoms with Crippen LogP contribution >= 0.6 is 11.5 Å². The zero-order valence-corrected chi connectivity index (χ0v) is 9.47. The summed E-state index contributed by atoms with van der Waals surface area (Å²) in [7, 11) is 0. The van der Waals surface area contributed by atoms with Gasteiger partial charge in [0.15, 0.2) is 0 Å². The van der Waals surface area contributed by atoms with Gasteiger partial charge in [0.2, 0.25) is 0 Å². The summed E-state index contributed by atoms with van der Waals surface area (Å²) in [6.45, 7) is 11.3. The monoisotopic (exact) mass is 208 g/mol. The third kappa shape index (κ3) is 3.58. The molecule has 1 aromatic heterocycles.